The van der Waals surface area contributed by atoms with Crippen LogP contribution in [0.25, 0.3) is 0 Å². The molecule has 2 amide bonds. The van der Waals surface area contributed by atoms with Crippen molar-refractivity contribution >= 4 is 12.0 Å². The third-order valence-electron chi connectivity index (χ3n) is 3.55. The minimum absolute atomic E-state index is 0.0277. The first-order chi connectivity index (χ1) is 9.42. The number of nitrogens with zero attached hydrogens (tertiary/aromatic N) is 2. The third kappa shape index (κ3) is 5.21. The van der Waals surface area contributed by atoms with Crippen molar-refractivity contribution in [2.45, 2.75) is 66.0 Å². The molecule has 122 valence electrons. The highest BCUT2D eigenvalue weighted by molar-refractivity contribution is 5.81. The Bertz CT molecular complexity index is 393. The zero-order valence-corrected chi connectivity index (χ0v) is 14.5. The Hall–Kier alpha value is -1.26. The molecule has 0 aromatic rings. The molecule has 0 aliphatic carbocycles. The lowest BCUT2D eigenvalue weighted by atomic mass is 9.93. The summed E-state index contributed by atoms with van der Waals surface area (Å²) >= 11 is 0. The third-order valence-corrected chi connectivity index (χ3v) is 3.55. The number of carbonyl (C=O) groups excluding carboxylic acids is 2. The zero-order chi connectivity index (χ0) is 16.4. The number of amides is 2. The molecule has 0 bridgehead atoms. The molecule has 1 heterocycles. The lowest BCUT2D eigenvalue weighted by Crippen LogP contribution is -2.53. The largest absolute Gasteiger partial charge is 0.444 e. The highest BCUT2D eigenvalue weighted by Gasteiger charge is 2.34. The smallest absolute Gasteiger partial charge is 0.410 e. The fraction of sp³-hybridized carbons (Fsp3) is 0.875. The Morgan fingerprint density at radius 3 is 2.19 bits per heavy atom. The second-order valence-corrected chi connectivity index (χ2v) is 7.89. The van der Waals surface area contributed by atoms with E-state index < -0.39 is 5.60 Å². The summed E-state index contributed by atoms with van der Waals surface area (Å²) < 4.78 is 5.40. The zero-order valence-electron chi connectivity index (χ0n) is 14.5. The molecule has 0 radical (unpaired) electrons. The fourth-order valence-electron chi connectivity index (χ4n) is 2.41. The van der Waals surface area contributed by atoms with Gasteiger partial charge in [0, 0.05) is 25.6 Å². The normalized spacial score (nSPS) is 20.1. The average molecular weight is 298 g/mol. The molecule has 21 heavy (non-hydrogen) atoms. The van der Waals surface area contributed by atoms with Gasteiger partial charge in [-0.1, -0.05) is 20.8 Å². The quantitative estimate of drug-likeness (QED) is 0.748. The molecule has 1 atom stereocenters. The van der Waals surface area contributed by atoms with E-state index in [1.54, 1.807) is 11.9 Å². The van der Waals surface area contributed by atoms with E-state index in [4.69, 9.17) is 4.74 Å². The van der Waals surface area contributed by atoms with Gasteiger partial charge in [-0.25, -0.2) is 4.79 Å². The predicted molar refractivity (Wildman–Crippen MR) is 83.1 cm³/mol. The van der Waals surface area contributed by atoms with Gasteiger partial charge in [0.25, 0.3) is 0 Å². The summed E-state index contributed by atoms with van der Waals surface area (Å²) in [6.07, 6.45) is 1.50. The summed E-state index contributed by atoms with van der Waals surface area (Å²) in [5, 5.41) is 0. The summed E-state index contributed by atoms with van der Waals surface area (Å²) in [6.45, 7) is 12.7. The summed E-state index contributed by atoms with van der Waals surface area (Å²) in [4.78, 5) is 28.0. The van der Waals surface area contributed by atoms with Crippen molar-refractivity contribution in [2.75, 3.05) is 20.1 Å². The van der Waals surface area contributed by atoms with Crippen LogP contribution in [-0.4, -0.2) is 53.6 Å². The Labute approximate surface area is 128 Å². The molecule has 1 rings (SSSR count). The van der Waals surface area contributed by atoms with Crippen molar-refractivity contribution in [1.82, 2.24) is 9.80 Å². The Morgan fingerprint density at radius 2 is 1.71 bits per heavy atom. The summed E-state index contributed by atoms with van der Waals surface area (Å²) in [5.74, 6) is 0.143. The molecule has 0 N–H and O–H groups in total. The van der Waals surface area contributed by atoms with Crippen molar-refractivity contribution in [2.24, 2.45) is 5.41 Å². The maximum absolute atomic E-state index is 12.4. The molecule has 1 aliphatic heterocycles. The molecule has 0 saturated carbocycles. The van der Waals surface area contributed by atoms with Crippen LogP contribution in [0.4, 0.5) is 4.79 Å². The fourth-order valence-corrected chi connectivity index (χ4v) is 2.41. The first kappa shape index (κ1) is 17.8. The van der Waals surface area contributed by atoms with Gasteiger partial charge in [0.15, 0.2) is 0 Å². The van der Waals surface area contributed by atoms with Crippen LogP contribution in [-0.2, 0) is 9.53 Å². The summed E-state index contributed by atoms with van der Waals surface area (Å²) in [6, 6.07) is 0.0277. The van der Waals surface area contributed by atoms with Gasteiger partial charge < -0.3 is 14.5 Å². The van der Waals surface area contributed by atoms with Crippen LogP contribution in [0, 0.1) is 5.41 Å². The van der Waals surface area contributed by atoms with Gasteiger partial charge in [-0.2, -0.15) is 0 Å². The first-order valence-corrected chi connectivity index (χ1v) is 7.67. The van der Waals surface area contributed by atoms with Crippen LogP contribution in [0.15, 0.2) is 0 Å². The molecule has 0 aromatic heterocycles. The van der Waals surface area contributed by atoms with Gasteiger partial charge in [-0.15, -0.1) is 0 Å². The molecule has 1 unspecified atom stereocenters. The molecular weight excluding hydrogens is 268 g/mol. The molecule has 1 saturated heterocycles. The predicted octanol–water partition coefficient (Wildman–Crippen LogP) is 2.89. The second-order valence-electron chi connectivity index (χ2n) is 7.89. The van der Waals surface area contributed by atoms with Crippen LogP contribution in [0.2, 0.25) is 0 Å². The topological polar surface area (TPSA) is 49.9 Å². The molecule has 5 heteroatoms. The van der Waals surface area contributed by atoms with Gasteiger partial charge in [0.05, 0.1) is 6.04 Å². The van der Waals surface area contributed by atoms with E-state index in [-0.39, 0.29) is 23.5 Å². The van der Waals surface area contributed by atoms with E-state index in [1.165, 1.54) is 0 Å². The first-order valence-electron chi connectivity index (χ1n) is 7.67. The number of carbonyl (C=O) groups is 2. The summed E-state index contributed by atoms with van der Waals surface area (Å²) in [7, 11) is 1.75. The number of hydrogen-bond donors (Lipinski definition) is 0. The van der Waals surface area contributed by atoms with Gasteiger partial charge in [0.1, 0.15) is 5.60 Å². The van der Waals surface area contributed by atoms with Crippen molar-refractivity contribution in [3.63, 3.8) is 0 Å². The molecule has 0 aromatic carbocycles. The van der Waals surface area contributed by atoms with Crippen molar-refractivity contribution < 1.29 is 14.3 Å². The van der Waals surface area contributed by atoms with Crippen LogP contribution >= 0.6 is 0 Å². The lowest BCUT2D eigenvalue weighted by Gasteiger charge is -2.40. The molecule has 0 spiro atoms. The van der Waals surface area contributed by atoms with Crippen molar-refractivity contribution in [3.05, 3.63) is 0 Å². The minimum atomic E-state index is -0.499. The van der Waals surface area contributed by atoms with Crippen LogP contribution < -0.4 is 0 Å². The number of hydrogen-bond acceptors (Lipinski definition) is 3. The van der Waals surface area contributed by atoms with Gasteiger partial charge in [0.2, 0.25) is 5.91 Å². The van der Waals surface area contributed by atoms with E-state index in [0.717, 1.165) is 19.4 Å². The number of piperidine rings is 1. The number of likely N-dealkylation sites (N-methyl/N-ethyl adjacent to an activating group) is 1. The van der Waals surface area contributed by atoms with Crippen molar-refractivity contribution in [3.8, 4) is 0 Å². The Morgan fingerprint density at radius 1 is 1.14 bits per heavy atom. The molecular formula is C16H30N2O3. The molecule has 5 nitrogen and oxygen atoms in total. The second kappa shape index (κ2) is 6.24. The number of rotatable bonds is 1. The van der Waals surface area contributed by atoms with Crippen LogP contribution in [0.1, 0.15) is 54.4 Å². The van der Waals surface area contributed by atoms with E-state index in [2.05, 4.69) is 0 Å². The minimum Gasteiger partial charge on any atom is -0.444 e. The van der Waals surface area contributed by atoms with E-state index in [9.17, 15) is 9.59 Å². The standard InChI is InChI=1S/C16H30N2O3/c1-15(2,3)13(19)18-10-8-9-12(11-18)17(7)14(20)21-16(4,5)6/h12H,8-11H2,1-7H3. The van der Waals surface area contributed by atoms with E-state index >= 15 is 0 Å². The van der Waals surface area contributed by atoms with E-state index in [0.29, 0.717) is 6.54 Å². The highest BCUT2D eigenvalue weighted by Crippen LogP contribution is 2.23. The maximum atomic E-state index is 12.4. The molecule has 1 fully saturated rings. The van der Waals surface area contributed by atoms with Gasteiger partial charge >= 0.3 is 6.09 Å². The maximum Gasteiger partial charge on any atom is 0.410 e. The lowest BCUT2D eigenvalue weighted by molar-refractivity contribution is -0.141. The van der Waals surface area contributed by atoms with Gasteiger partial charge in [-0.3, -0.25) is 4.79 Å². The monoisotopic (exact) mass is 298 g/mol. The molecule has 1 aliphatic rings. The van der Waals surface area contributed by atoms with Crippen LogP contribution in [0.3, 0.4) is 0 Å². The van der Waals surface area contributed by atoms with Crippen LogP contribution in [0.5, 0.6) is 0 Å². The van der Waals surface area contributed by atoms with E-state index in [1.807, 2.05) is 46.4 Å². The number of ether oxygens (including phenoxy) is 1. The number of likely N-dealkylation sites (tertiary alicyclic amines) is 1. The average Bonchev–Trinajstić information content (AvgIpc) is 2.34. The Balaban J connectivity index is 2.68. The summed E-state index contributed by atoms with van der Waals surface area (Å²) in [5.41, 5.74) is -0.882. The van der Waals surface area contributed by atoms with Crippen molar-refractivity contribution in [1.29, 1.82) is 0 Å². The Kier molecular flexibility index (Phi) is 5.29. The SMILES string of the molecule is CN(C(=O)OC(C)(C)C)C1CCCN(C(=O)C(C)(C)C)C1. The van der Waals surface area contributed by atoms with Gasteiger partial charge in [-0.05, 0) is 33.6 Å². The highest BCUT2D eigenvalue weighted by atomic mass is 16.6.